The van der Waals surface area contributed by atoms with Gasteiger partial charge in [-0.1, -0.05) is 24.3 Å². The van der Waals surface area contributed by atoms with Crippen molar-refractivity contribution in [3.8, 4) is 23.0 Å². The Kier molecular flexibility index (Phi) is 5.98. The number of oxazole rings is 1. The molecule has 1 saturated heterocycles. The van der Waals surface area contributed by atoms with Gasteiger partial charge in [0.2, 0.25) is 5.89 Å². The van der Waals surface area contributed by atoms with Crippen molar-refractivity contribution >= 4 is 5.91 Å². The minimum absolute atomic E-state index is 0.0363. The summed E-state index contributed by atoms with van der Waals surface area (Å²) < 4.78 is 16.9. The van der Waals surface area contributed by atoms with E-state index in [0.29, 0.717) is 47.4 Å². The molecular formula is C27H30N4O4. The summed E-state index contributed by atoms with van der Waals surface area (Å²) in [6.45, 7) is 6.41. The Hall–Kier alpha value is -3.78. The largest absolute Gasteiger partial charge is 0.493 e. The highest BCUT2D eigenvalue weighted by Crippen LogP contribution is 2.38. The molecule has 3 aromatic rings. The van der Waals surface area contributed by atoms with Crippen molar-refractivity contribution in [3.05, 3.63) is 76.9 Å². The number of hydrazine groups is 1. The summed E-state index contributed by atoms with van der Waals surface area (Å²) >= 11 is 0. The number of methoxy groups -OCH3 is 2. The third-order valence-corrected chi connectivity index (χ3v) is 6.85. The lowest BCUT2D eigenvalue weighted by Gasteiger charge is -2.31. The fourth-order valence-corrected chi connectivity index (χ4v) is 4.67. The summed E-state index contributed by atoms with van der Waals surface area (Å²) in [5.41, 5.74) is 8.58. The highest BCUT2D eigenvalue weighted by atomic mass is 16.5. The molecule has 3 heterocycles. The summed E-state index contributed by atoms with van der Waals surface area (Å²) in [6, 6.07) is 11.9. The highest BCUT2D eigenvalue weighted by molar-refractivity contribution is 5.84. The standard InChI is InChI=1S/C27H30N4O4/c1-16-9-10-19(13-17(16)2)21-14-23-27(32)30(11-12-31(23)29-21)15-22-18(3)35-26(28-22)20-7-6-8-24(33-4)25(20)34-5/h6-13,21,23,29H,14-15H2,1-5H3. The molecule has 0 aliphatic carbocycles. The van der Waals surface area contributed by atoms with E-state index in [0.717, 1.165) is 0 Å². The first-order valence-corrected chi connectivity index (χ1v) is 11.7. The molecule has 0 spiro atoms. The molecule has 0 bridgehead atoms. The number of para-hydroxylation sites is 1. The summed E-state index contributed by atoms with van der Waals surface area (Å²) in [4.78, 5) is 19.8. The summed E-state index contributed by atoms with van der Waals surface area (Å²) in [7, 11) is 3.18. The van der Waals surface area contributed by atoms with Gasteiger partial charge in [-0.3, -0.25) is 4.79 Å². The van der Waals surface area contributed by atoms with Crippen molar-refractivity contribution < 1.29 is 18.7 Å². The lowest BCUT2D eigenvalue weighted by molar-refractivity contribution is -0.135. The number of amides is 1. The van der Waals surface area contributed by atoms with Crippen molar-refractivity contribution in [2.24, 2.45) is 0 Å². The van der Waals surface area contributed by atoms with Gasteiger partial charge in [-0.05, 0) is 56.0 Å². The van der Waals surface area contributed by atoms with Crippen molar-refractivity contribution in [2.75, 3.05) is 14.2 Å². The van der Waals surface area contributed by atoms with Crippen LogP contribution in [0.3, 0.4) is 0 Å². The molecule has 0 radical (unpaired) electrons. The van der Waals surface area contributed by atoms with Crippen LogP contribution in [0, 0.1) is 20.8 Å². The lowest BCUT2D eigenvalue weighted by Crippen LogP contribution is -2.47. The van der Waals surface area contributed by atoms with Crippen LogP contribution in [-0.4, -0.2) is 41.1 Å². The Balaban J connectivity index is 1.34. The summed E-state index contributed by atoms with van der Waals surface area (Å²) in [5.74, 6) is 2.28. The maximum absolute atomic E-state index is 13.4. The topological polar surface area (TPSA) is 80.1 Å². The zero-order chi connectivity index (χ0) is 24.7. The van der Waals surface area contributed by atoms with Gasteiger partial charge >= 0.3 is 0 Å². The summed E-state index contributed by atoms with van der Waals surface area (Å²) in [5, 5.41) is 1.92. The molecule has 1 N–H and O–H groups in total. The van der Waals surface area contributed by atoms with E-state index >= 15 is 0 Å². The molecule has 1 aromatic heterocycles. The molecule has 2 atom stereocenters. The van der Waals surface area contributed by atoms with E-state index in [-0.39, 0.29) is 18.0 Å². The van der Waals surface area contributed by atoms with Crippen molar-refractivity contribution in [3.63, 3.8) is 0 Å². The lowest BCUT2D eigenvalue weighted by atomic mass is 9.97. The number of aryl methyl sites for hydroxylation is 3. The molecule has 2 aliphatic rings. The Bertz CT molecular complexity index is 1300. The molecule has 8 heteroatoms. The Labute approximate surface area is 205 Å². The molecule has 2 aliphatic heterocycles. The van der Waals surface area contributed by atoms with Gasteiger partial charge in [0.1, 0.15) is 17.5 Å². The molecule has 8 nitrogen and oxygen atoms in total. The maximum Gasteiger partial charge on any atom is 0.251 e. The molecule has 182 valence electrons. The van der Waals surface area contributed by atoms with Gasteiger partial charge in [-0.15, -0.1) is 0 Å². The number of hydrogen-bond donors (Lipinski definition) is 1. The first-order valence-electron chi connectivity index (χ1n) is 11.7. The third-order valence-electron chi connectivity index (χ3n) is 6.85. The van der Waals surface area contributed by atoms with E-state index in [1.54, 1.807) is 25.3 Å². The predicted octanol–water partition coefficient (Wildman–Crippen LogP) is 4.42. The Morgan fingerprint density at radius 3 is 2.66 bits per heavy atom. The number of carbonyl (C=O) groups excluding carboxylic acids is 1. The maximum atomic E-state index is 13.4. The van der Waals surface area contributed by atoms with Gasteiger partial charge < -0.3 is 23.8 Å². The first kappa shape index (κ1) is 23.0. The fraction of sp³-hybridized carbons (Fsp3) is 0.333. The number of carbonyl (C=O) groups is 1. The number of rotatable bonds is 6. The fourth-order valence-electron chi connectivity index (χ4n) is 4.67. The van der Waals surface area contributed by atoms with Crippen LogP contribution in [0.15, 0.2) is 53.2 Å². The van der Waals surface area contributed by atoms with E-state index in [2.05, 4.69) is 37.5 Å². The molecule has 35 heavy (non-hydrogen) atoms. The quantitative estimate of drug-likeness (QED) is 0.567. The van der Waals surface area contributed by atoms with Crippen molar-refractivity contribution in [2.45, 2.75) is 45.8 Å². The van der Waals surface area contributed by atoms with Gasteiger partial charge in [0.25, 0.3) is 5.91 Å². The molecule has 1 fully saturated rings. The predicted molar refractivity (Wildman–Crippen MR) is 132 cm³/mol. The number of nitrogens with one attached hydrogen (secondary N) is 1. The van der Waals surface area contributed by atoms with E-state index in [4.69, 9.17) is 18.9 Å². The van der Waals surface area contributed by atoms with Crippen molar-refractivity contribution in [1.82, 2.24) is 20.3 Å². The smallest absolute Gasteiger partial charge is 0.251 e. The van der Waals surface area contributed by atoms with Gasteiger partial charge in [0.15, 0.2) is 11.5 Å². The number of benzene rings is 2. The zero-order valence-corrected chi connectivity index (χ0v) is 20.7. The zero-order valence-electron chi connectivity index (χ0n) is 20.7. The van der Waals surface area contributed by atoms with Crippen LogP contribution in [0.5, 0.6) is 11.5 Å². The molecule has 5 rings (SSSR count). The van der Waals surface area contributed by atoms with Crippen LogP contribution < -0.4 is 14.9 Å². The number of fused-ring (bicyclic) bond motifs is 1. The number of ether oxygens (including phenoxy) is 2. The van der Waals surface area contributed by atoms with Crippen LogP contribution in [0.4, 0.5) is 0 Å². The first-order chi connectivity index (χ1) is 16.9. The number of aromatic nitrogens is 1. The van der Waals surface area contributed by atoms with E-state index < -0.39 is 0 Å². The van der Waals surface area contributed by atoms with E-state index in [1.807, 2.05) is 36.3 Å². The Morgan fingerprint density at radius 1 is 1.09 bits per heavy atom. The van der Waals surface area contributed by atoms with Crippen LogP contribution in [0.1, 0.15) is 40.6 Å². The third kappa shape index (κ3) is 4.14. The second-order valence-corrected chi connectivity index (χ2v) is 9.01. The molecule has 2 unspecified atom stereocenters. The second-order valence-electron chi connectivity index (χ2n) is 9.01. The molecular weight excluding hydrogens is 444 g/mol. The van der Waals surface area contributed by atoms with Gasteiger partial charge in [-0.25, -0.2) is 10.4 Å². The normalized spacial score (nSPS) is 19.3. The van der Waals surface area contributed by atoms with Gasteiger partial charge in [0.05, 0.1) is 32.4 Å². The minimum atomic E-state index is -0.267. The highest BCUT2D eigenvalue weighted by Gasteiger charge is 2.40. The Morgan fingerprint density at radius 2 is 1.91 bits per heavy atom. The van der Waals surface area contributed by atoms with Gasteiger partial charge in [0, 0.05) is 12.4 Å². The number of nitrogens with zero attached hydrogens (tertiary/aromatic N) is 3. The van der Waals surface area contributed by atoms with Crippen LogP contribution in [0.25, 0.3) is 11.5 Å². The molecule has 2 aromatic carbocycles. The molecule has 1 amide bonds. The number of hydrogen-bond acceptors (Lipinski definition) is 7. The van der Waals surface area contributed by atoms with E-state index in [1.165, 1.54) is 16.7 Å². The van der Waals surface area contributed by atoms with Crippen LogP contribution in [0.2, 0.25) is 0 Å². The van der Waals surface area contributed by atoms with Crippen LogP contribution >= 0.6 is 0 Å². The van der Waals surface area contributed by atoms with Crippen molar-refractivity contribution in [1.29, 1.82) is 0 Å². The monoisotopic (exact) mass is 474 g/mol. The second kappa shape index (κ2) is 9.11. The molecule has 0 saturated carbocycles. The minimum Gasteiger partial charge on any atom is -0.493 e. The van der Waals surface area contributed by atoms with E-state index in [9.17, 15) is 4.79 Å². The average molecular weight is 475 g/mol. The summed E-state index contributed by atoms with van der Waals surface area (Å²) in [6.07, 6.45) is 4.43. The van der Waals surface area contributed by atoms with Gasteiger partial charge in [-0.2, -0.15) is 0 Å². The van der Waals surface area contributed by atoms with Crippen LogP contribution in [-0.2, 0) is 11.3 Å². The average Bonchev–Trinajstić information content (AvgIpc) is 3.46. The SMILES string of the molecule is COc1cccc(-c2nc(CN3C=CN4NC(c5ccc(C)c(C)c5)CC4C3=O)c(C)o2)c1OC.